The lowest BCUT2D eigenvalue weighted by Gasteiger charge is -2.21. The number of para-hydroxylation sites is 1. The fourth-order valence-corrected chi connectivity index (χ4v) is 1.80. The molecule has 5 nitrogen and oxygen atoms in total. The monoisotopic (exact) mass is 302 g/mol. The second-order valence-electron chi connectivity index (χ2n) is 3.72. The quantitative estimate of drug-likeness (QED) is 0.644. The minimum absolute atomic E-state index is 0.240. The van der Waals surface area contributed by atoms with Crippen molar-refractivity contribution in [1.29, 1.82) is 0 Å². The summed E-state index contributed by atoms with van der Waals surface area (Å²) in [4.78, 5) is 15.3. The van der Waals surface area contributed by atoms with Crippen LogP contribution in [0.4, 0.5) is 5.69 Å². The molecule has 2 N–H and O–H groups in total. The number of hydrogen-bond acceptors (Lipinski definition) is 3. The van der Waals surface area contributed by atoms with Crippen LogP contribution in [0.1, 0.15) is 12.5 Å². The number of anilines is 1. The largest absolute Gasteiger partial charge is 0.479 e. The topological polar surface area (TPSA) is 61.8 Å². The Labute approximate surface area is 122 Å². The third-order valence-electron chi connectivity index (χ3n) is 2.38. The first kappa shape index (κ1) is 15.7. The van der Waals surface area contributed by atoms with Crippen LogP contribution in [0.3, 0.4) is 0 Å². The third-order valence-corrected chi connectivity index (χ3v) is 3.05. The van der Waals surface area contributed by atoms with Crippen LogP contribution in [0.5, 0.6) is 0 Å². The van der Waals surface area contributed by atoms with Crippen molar-refractivity contribution in [2.75, 3.05) is 19.0 Å². The summed E-state index contributed by atoms with van der Waals surface area (Å²) in [5, 5.41) is 13.5. The maximum absolute atomic E-state index is 10.4. The number of aryl methyl sites for hydroxylation is 1. The highest BCUT2D eigenvalue weighted by Gasteiger charge is 2.11. The summed E-state index contributed by atoms with van der Waals surface area (Å²) in [5.74, 6) is -1.07. The van der Waals surface area contributed by atoms with Crippen LogP contribution in [0.2, 0.25) is 5.02 Å². The summed E-state index contributed by atoms with van der Waals surface area (Å²) in [6, 6.07) is 5.55. The van der Waals surface area contributed by atoms with Crippen LogP contribution in [0.15, 0.2) is 18.2 Å². The second kappa shape index (κ2) is 7.28. The summed E-state index contributed by atoms with van der Waals surface area (Å²) in [6.07, 6.45) is 0.797. The van der Waals surface area contributed by atoms with E-state index in [2.05, 4.69) is 5.32 Å². The number of aliphatic carboxylic acids is 1. The summed E-state index contributed by atoms with van der Waals surface area (Å²) in [6.45, 7) is 1.55. The van der Waals surface area contributed by atoms with Crippen LogP contribution in [-0.2, 0) is 16.1 Å². The van der Waals surface area contributed by atoms with Crippen molar-refractivity contribution in [3.8, 4) is 0 Å². The van der Waals surface area contributed by atoms with Crippen LogP contribution >= 0.6 is 23.8 Å². The van der Waals surface area contributed by atoms with E-state index < -0.39 is 12.6 Å². The molecule has 0 spiro atoms. The van der Waals surface area contributed by atoms with Crippen LogP contribution < -0.4 is 5.32 Å². The number of hydrogen-bond donors (Lipinski definition) is 2. The van der Waals surface area contributed by atoms with E-state index in [1.165, 1.54) is 12.1 Å². The van der Waals surface area contributed by atoms with Gasteiger partial charge in [0.25, 0.3) is 0 Å². The molecule has 0 atom stereocenters. The Morgan fingerprint density at radius 1 is 1.58 bits per heavy atom. The molecule has 1 rings (SSSR count). The van der Waals surface area contributed by atoms with Gasteiger partial charge in [-0.25, -0.2) is 9.86 Å². The second-order valence-corrected chi connectivity index (χ2v) is 4.52. The first-order valence-electron chi connectivity index (χ1n) is 5.62. The van der Waals surface area contributed by atoms with Gasteiger partial charge < -0.3 is 10.4 Å². The van der Waals surface area contributed by atoms with Gasteiger partial charge in [0.1, 0.15) is 0 Å². The molecule has 1 aromatic rings. The fourth-order valence-electron chi connectivity index (χ4n) is 1.40. The van der Waals surface area contributed by atoms with Gasteiger partial charge in [-0.05, 0) is 30.3 Å². The molecule has 0 aliphatic rings. The zero-order valence-corrected chi connectivity index (χ0v) is 12.2. The van der Waals surface area contributed by atoms with E-state index in [0.29, 0.717) is 10.7 Å². The van der Waals surface area contributed by atoms with Crippen molar-refractivity contribution < 1.29 is 14.7 Å². The molecule has 0 heterocycles. The Balaban J connectivity index is 2.74. The first-order chi connectivity index (χ1) is 8.95. The highest BCUT2D eigenvalue weighted by molar-refractivity contribution is 7.80. The SMILES string of the molecule is CCc1cccc(Cl)c1NC(=S)N(C)OCC(=O)O. The highest BCUT2D eigenvalue weighted by Crippen LogP contribution is 2.26. The summed E-state index contributed by atoms with van der Waals surface area (Å²) in [7, 11) is 1.53. The molecule has 104 valence electrons. The van der Waals surface area contributed by atoms with E-state index in [1.54, 1.807) is 6.07 Å². The van der Waals surface area contributed by atoms with E-state index >= 15 is 0 Å². The Morgan fingerprint density at radius 3 is 2.84 bits per heavy atom. The van der Waals surface area contributed by atoms with Gasteiger partial charge in [0, 0.05) is 7.05 Å². The highest BCUT2D eigenvalue weighted by atomic mass is 35.5. The first-order valence-corrected chi connectivity index (χ1v) is 6.41. The number of carbonyl (C=O) groups is 1. The van der Waals surface area contributed by atoms with Crippen molar-refractivity contribution in [1.82, 2.24) is 5.06 Å². The number of hydroxylamine groups is 2. The van der Waals surface area contributed by atoms with Crippen LogP contribution in [0.25, 0.3) is 0 Å². The summed E-state index contributed by atoms with van der Waals surface area (Å²) >= 11 is 11.2. The average molecular weight is 303 g/mol. The van der Waals surface area contributed by atoms with E-state index in [0.717, 1.165) is 12.0 Å². The molecule has 0 aliphatic carbocycles. The Morgan fingerprint density at radius 2 is 2.26 bits per heavy atom. The van der Waals surface area contributed by atoms with E-state index in [1.807, 2.05) is 19.1 Å². The van der Waals surface area contributed by atoms with E-state index in [-0.39, 0.29) is 5.11 Å². The predicted octanol–water partition coefficient (Wildman–Crippen LogP) is 2.55. The van der Waals surface area contributed by atoms with Gasteiger partial charge in [0.15, 0.2) is 11.7 Å². The molecule has 1 aromatic carbocycles. The number of halogens is 1. The lowest BCUT2D eigenvalue weighted by atomic mass is 10.1. The van der Waals surface area contributed by atoms with Gasteiger partial charge >= 0.3 is 5.97 Å². The van der Waals surface area contributed by atoms with Crippen LogP contribution in [0, 0.1) is 0 Å². The predicted molar refractivity (Wildman–Crippen MR) is 78.4 cm³/mol. The number of nitrogens with one attached hydrogen (secondary N) is 1. The lowest BCUT2D eigenvalue weighted by Crippen LogP contribution is -2.33. The molecule has 0 amide bonds. The number of thiocarbonyl (C=S) groups is 1. The summed E-state index contributed by atoms with van der Waals surface area (Å²) in [5.41, 5.74) is 1.73. The molecule has 0 radical (unpaired) electrons. The maximum Gasteiger partial charge on any atom is 0.332 e. The molecule has 19 heavy (non-hydrogen) atoms. The molecule has 0 aliphatic heterocycles. The molecule has 7 heteroatoms. The van der Waals surface area contributed by atoms with Gasteiger partial charge in [-0.3, -0.25) is 4.84 Å². The van der Waals surface area contributed by atoms with Crippen molar-refractivity contribution >= 4 is 40.6 Å². The van der Waals surface area contributed by atoms with E-state index in [4.69, 9.17) is 33.8 Å². The van der Waals surface area contributed by atoms with Crippen molar-refractivity contribution in [3.63, 3.8) is 0 Å². The van der Waals surface area contributed by atoms with Gasteiger partial charge in [0.2, 0.25) is 0 Å². The number of carboxylic acid groups (broad SMARTS) is 1. The standard InChI is InChI=1S/C12H15ClN2O3S/c1-3-8-5-4-6-9(13)11(8)14-12(19)15(2)18-7-10(16)17/h4-6H,3,7H2,1-2H3,(H,14,19)(H,16,17). The molecular weight excluding hydrogens is 288 g/mol. The van der Waals surface area contributed by atoms with Crippen molar-refractivity contribution in [2.24, 2.45) is 0 Å². The maximum atomic E-state index is 10.4. The molecule has 0 aromatic heterocycles. The Bertz CT molecular complexity index is 482. The van der Waals surface area contributed by atoms with Crippen molar-refractivity contribution in [2.45, 2.75) is 13.3 Å². The Hall–Kier alpha value is -1.37. The molecule has 0 bridgehead atoms. The molecule has 0 saturated carbocycles. The molecule has 0 fully saturated rings. The fraction of sp³-hybridized carbons (Fsp3) is 0.333. The van der Waals surface area contributed by atoms with Gasteiger partial charge in [-0.1, -0.05) is 30.7 Å². The zero-order chi connectivity index (χ0) is 14.4. The smallest absolute Gasteiger partial charge is 0.332 e. The summed E-state index contributed by atoms with van der Waals surface area (Å²) < 4.78 is 0. The normalized spacial score (nSPS) is 10.1. The molecule has 0 saturated heterocycles. The number of benzene rings is 1. The number of nitrogens with zero attached hydrogens (tertiary/aromatic N) is 1. The van der Waals surface area contributed by atoms with Gasteiger partial charge in [0.05, 0.1) is 10.7 Å². The van der Waals surface area contributed by atoms with Gasteiger partial charge in [-0.2, -0.15) is 0 Å². The van der Waals surface area contributed by atoms with Gasteiger partial charge in [-0.15, -0.1) is 0 Å². The van der Waals surface area contributed by atoms with Crippen LogP contribution in [-0.4, -0.2) is 34.9 Å². The van der Waals surface area contributed by atoms with E-state index in [9.17, 15) is 4.79 Å². The lowest BCUT2D eigenvalue weighted by molar-refractivity contribution is -0.155. The van der Waals surface area contributed by atoms with Crippen molar-refractivity contribution in [3.05, 3.63) is 28.8 Å². The molecular formula is C12H15ClN2O3S. The number of carboxylic acids is 1. The Kier molecular flexibility index (Phi) is 6.01. The minimum Gasteiger partial charge on any atom is -0.479 e. The average Bonchev–Trinajstić information content (AvgIpc) is 2.37. The zero-order valence-electron chi connectivity index (χ0n) is 10.6. The third kappa shape index (κ3) is 4.66. The minimum atomic E-state index is -1.07. The molecule has 0 unspecified atom stereocenters. The number of rotatable bonds is 5.